The molecule has 0 bridgehead atoms. The largest absolute Gasteiger partial charge is 0.385 e. The van der Waals surface area contributed by atoms with Crippen LogP contribution in [0.2, 0.25) is 0 Å². The van der Waals surface area contributed by atoms with E-state index in [4.69, 9.17) is 0 Å². The fourth-order valence-corrected chi connectivity index (χ4v) is 3.28. The normalized spacial score (nSPS) is 21.3. The average molecular weight is 294 g/mol. The maximum absolute atomic E-state index is 3.57. The van der Waals surface area contributed by atoms with E-state index in [9.17, 15) is 0 Å². The lowest BCUT2D eigenvalue weighted by molar-refractivity contribution is 0.293. The molecule has 1 aliphatic carbocycles. The molecular formula is C20H26N2. The first kappa shape index (κ1) is 15.0. The van der Waals surface area contributed by atoms with Gasteiger partial charge in [0.1, 0.15) is 0 Å². The van der Waals surface area contributed by atoms with Gasteiger partial charge in [-0.1, -0.05) is 36.4 Å². The summed E-state index contributed by atoms with van der Waals surface area (Å²) in [5.74, 6) is 1.65. The van der Waals surface area contributed by atoms with Gasteiger partial charge in [0.25, 0.3) is 0 Å². The highest BCUT2D eigenvalue weighted by molar-refractivity contribution is 5.43. The Morgan fingerprint density at radius 3 is 1.32 bits per heavy atom. The number of nitrogens with one attached hydrogen (secondary N) is 2. The number of para-hydroxylation sites is 2. The molecule has 1 saturated carbocycles. The second kappa shape index (κ2) is 7.88. The van der Waals surface area contributed by atoms with E-state index in [1.165, 1.54) is 37.1 Å². The standard InChI is InChI=1S/C20H26N2/c1-3-7-19(8-4-1)21-15-17-11-13-18(14-12-17)16-22-20-9-5-2-6-10-20/h1-10,17-18,21-22H,11-16H2/t17-,18-. The summed E-state index contributed by atoms with van der Waals surface area (Å²) in [5, 5.41) is 7.14. The Balaban J connectivity index is 1.35. The smallest absolute Gasteiger partial charge is 0.0340 e. The maximum atomic E-state index is 3.57. The third-order valence-corrected chi connectivity index (χ3v) is 4.70. The quantitative estimate of drug-likeness (QED) is 0.782. The Hall–Kier alpha value is -1.96. The third-order valence-electron chi connectivity index (χ3n) is 4.70. The summed E-state index contributed by atoms with van der Waals surface area (Å²) in [5.41, 5.74) is 2.49. The number of hydrogen-bond donors (Lipinski definition) is 2. The summed E-state index contributed by atoms with van der Waals surface area (Å²) < 4.78 is 0. The maximum Gasteiger partial charge on any atom is 0.0340 e. The zero-order chi connectivity index (χ0) is 15.0. The molecule has 0 aromatic heterocycles. The zero-order valence-corrected chi connectivity index (χ0v) is 13.2. The zero-order valence-electron chi connectivity index (χ0n) is 13.2. The highest BCUT2D eigenvalue weighted by Gasteiger charge is 2.20. The van der Waals surface area contributed by atoms with Gasteiger partial charge in [-0.2, -0.15) is 0 Å². The van der Waals surface area contributed by atoms with Crippen LogP contribution in [0, 0.1) is 11.8 Å². The van der Waals surface area contributed by atoms with E-state index in [0.29, 0.717) is 0 Å². The van der Waals surface area contributed by atoms with Crippen LogP contribution in [-0.4, -0.2) is 13.1 Å². The van der Waals surface area contributed by atoms with Crippen molar-refractivity contribution in [3.05, 3.63) is 60.7 Å². The molecule has 2 heteroatoms. The van der Waals surface area contributed by atoms with Gasteiger partial charge in [-0.3, -0.25) is 0 Å². The van der Waals surface area contributed by atoms with Crippen LogP contribution in [0.15, 0.2) is 60.7 Å². The minimum atomic E-state index is 0.827. The summed E-state index contributed by atoms with van der Waals surface area (Å²) >= 11 is 0. The molecule has 2 aromatic carbocycles. The van der Waals surface area contributed by atoms with Gasteiger partial charge >= 0.3 is 0 Å². The second-order valence-electron chi connectivity index (χ2n) is 6.38. The molecule has 0 radical (unpaired) electrons. The van der Waals surface area contributed by atoms with Crippen molar-refractivity contribution in [2.45, 2.75) is 25.7 Å². The second-order valence-corrected chi connectivity index (χ2v) is 6.38. The van der Waals surface area contributed by atoms with Crippen molar-refractivity contribution in [1.82, 2.24) is 0 Å². The lowest BCUT2D eigenvalue weighted by Gasteiger charge is -2.29. The third kappa shape index (κ3) is 4.52. The Morgan fingerprint density at radius 2 is 0.955 bits per heavy atom. The van der Waals surface area contributed by atoms with E-state index in [-0.39, 0.29) is 0 Å². The van der Waals surface area contributed by atoms with Gasteiger partial charge in [0.15, 0.2) is 0 Å². The molecule has 116 valence electrons. The SMILES string of the molecule is c1ccc(NC[C@H]2CC[C@H](CNc3ccccc3)CC2)cc1. The molecular weight excluding hydrogens is 268 g/mol. The summed E-state index contributed by atoms with van der Waals surface area (Å²) in [6.45, 7) is 2.23. The van der Waals surface area contributed by atoms with Crippen molar-refractivity contribution < 1.29 is 0 Å². The molecule has 0 saturated heterocycles. The van der Waals surface area contributed by atoms with Crippen LogP contribution < -0.4 is 10.6 Å². The molecule has 0 unspecified atom stereocenters. The van der Waals surface area contributed by atoms with Gasteiger partial charge in [0.2, 0.25) is 0 Å². The van der Waals surface area contributed by atoms with Crippen LogP contribution in [0.4, 0.5) is 11.4 Å². The van der Waals surface area contributed by atoms with Gasteiger partial charge in [-0.05, 0) is 61.8 Å². The van der Waals surface area contributed by atoms with Crippen molar-refractivity contribution in [3.63, 3.8) is 0 Å². The van der Waals surface area contributed by atoms with Gasteiger partial charge in [-0.25, -0.2) is 0 Å². The number of rotatable bonds is 6. The van der Waals surface area contributed by atoms with E-state index in [2.05, 4.69) is 71.3 Å². The molecule has 0 amide bonds. The first-order valence-electron chi connectivity index (χ1n) is 8.48. The van der Waals surface area contributed by atoms with Gasteiger partial charge in [-0.15, -0.1) is 0 Å². The van der Waals surface area contributed by atoms with Crippen molar-refractivity contribution in [3.8, 4) is 0 Å². The van der Waals surface area contributed by atoms with Crippen LogP contribution in [0.5, 0.6) is 0 Å². The lowest BCUT2D eigenvalue weighted by Crippen LogP contribution is -2.25. The van der Waals surface area contributed by atoms with E-state index < -0.39 is 0 Å². The summed E-state index contributed by atoms with van der Waals surface area (Å²) in [6.07, 6.45) is 5.39. The Morgan fingerprint density at radius 1 is 0.591 bits per heavy atom. The highest BCUT2D eigenvalue weighted by Crippen LogP contribution is 2.29. The van der Waals surface area contributed by atoms with E-state index in [1.54, 1.807) is 0 Å². The molecule has 1 fully saturated rings. The number of benzene rings is 2. The predicted molar refractivity (Wildman–Crippen MR) is 95.3 cm³/mol. The van der Waals surface area contributed by atoms with Crippen LogP contribution in [0.1, 0.15) is 25.7 Å². The molecule has 2 N–H and O–H groups in total. The molecule has 22 heavy (non-hydrogen) atoms. The topological polar surface area (TPSA) is 24.1 Å². The van der Waals surface area contributed by atoms with E-state index in [0.717, 1.165) is 24.9 Å². The first-order valence-corrected chi connectivity index (χ1v) is 8.48. The van der Waals surface area contributed by atoms with Crippen LogP contribution in [-0.2, 0) is 0 Å². The van der Waals surface area contributed by atoms with Crippen LogP contribution in [0.25, 0.3) is 0 Å². The minimum Gasteiger partial charge on any atom is -0.385 e. The lowest BCUT2D eigenvalue weighted by atomic mass is 9.82. The average Bonchev–Trinajstić information content (AvgIpc) is 2.61. The molecule has 0 heterocycles. The van der Waals surface area contributed by atoms with Crippen LogP contribution in [0.3, 0.4) is 0 Å². The van der Waals surface area contributed by atoms with Gasteiger partial charge < -0.3 is 10.6 Å². The minimum absolute atomic E-state index is 0.827. The van der Waals surface area contributed by atoms with Crippen molar-refractivity contribution in [2.75, 3.05) is 23.7 Å². The molecule has 0 atom stereocenters. The fraction of sp³-hybridized carbons (Fsp3) is 0.400. The number of hydrogen-bond acceptors (Lipinski definition) is 2. The van der Waals surface area contributed by atoms with Crippen LogP contribution >= 0.6 is 0 Å². The van der Waals surface area contributed by atoms with E-state index >= 15 is 0 Å². The molecule has 2 nitrogen and oxygen atoms in total. The van der Waals surface area contributed by atoms with Crippen molar-refractivity contribution in [2.24, 2.45) is 11.8 Å². The molecule has 0 spiro atoms. The summed E-state index contributed by atoms with van der Waals surface area (Å²) in [6, 6.07) is 21.1. The summed E-state index contributed by atoms with van der Waals surface area (Å²) in [7, 11) is 0. The molecule has 3 rings (SSSR count). The Bertz CT molecular complexity index is 479. The Labute approximate surface area is 134 Å². The molecule has 0 aliphatic heterocycles. The number of anilines is 2. The monoisotopic (exact) mass is 294 g/mol. The van der Waals surface area contributed by atoms with Gasteiger partial charge in [0, 0.05) is 24.5 Å². The van der Waals surface area contributed by atoms with Crippen molar-refractivity contribution >= 4 is 11.4 Å². The Kier molecular flexibility index (Phi) is 5.36. The van der Waals surface area contributed by atoms with E-state index in [1.807, 2.05) is 0 Å². The highest BCUT2D eigenvalue weighted by atomic mass is 14.9. The predicted octanol–water partition coefficient (Wildman–Crippen LogP) is 5.02. The first-order chi connectivity index (χ1) is 10.9. The fourth-order valence-electron chi connectivity index (χ4n) is 3.28. The van der Waals surface area contributed by atoms with Crippen molar-refractivity contribution in [1.29, 1.82) is 0 Å². The molecule has 2 aromatic rings. The molecule has 1 aliphatic rings. The van der Waals surface area contributed by atoms with Gasteiger partial charge in [0.05, 0.1) is 0 Å². The summed E-state index contributed by atoms with van der Waals surface area (Å²) in [4.78, 5) is 0.